The van der Waals surface area contributed by atoms with E-state index in [1.54, 1.807) is 19.2 Å². The fourth-order valence-corrected chi connectivity index (χ4v) is 3.42. The van der Waals surface area contributed by atoms with Crippen molar-refractivity contribution in [2.24, 2.45) is 0 Å². The van der Waals surface area contributed by atoms with Crippen molar-refractivity contribution >= 4 is 56.9 Å². The minimum atomic E-state index is 0.154. The molecule has 1 aromatic carbocycles. The fraction of sp³-hybridized carbons (Fsp3) is 0.176. The summed E-state index contributed by atoms with van der Waals surface area (Å²) in [5, 5.41) is 0.857. The highest BCUT2D eigenvalue weighted by atomic mass is 79.9. The first kappa shape index (κ1) is 18.0. The van der Waals surface area contributed by atoms with Gasteiger partial charge in [-0.3, -0.25) is 9.20 Å². The predicted octanol–water partition coefficient (Wildman–Crippen LogP) is 4.88. The van der Waals surface area contributed by atoms with E-state index < -0.39 is 0 Å². The Morgan fingerprint density at radius 1 is 1.36 bits per heavy atom. The quantitative estimate of drug-likeness (QED) is 0.529. The Bertz CT molecular complexity index is 959. The highest BCUT2D eigenvalue weighted by Crippen LogP contribution is 2.34. The Labute approximate surface area is 163 Å². The van der Waals surface area contributed by atoms with E-state index >= 15 is 0 Å². The van der Waals surface area contributed by atoms with E-state index in [0.29, 0.717) is 39.1 Å². The maximum absolute atomic E-state index is 11.0. The zero-order valence-electron chi connectivity index (χ0n) is 13.5. The number of aromatic nitrogens is 2. The van der Waals surface area contributed by atoms with Crippen LogP contribution in [-0.4, -0.2) is 22.8 Å². The molecule has 0 aliphatic carbocycles. The predicted molar refractivity (Wildman–Crippen MR) is 103 cm³/mol. The average molecular weight is 443 g/mol. The van der Waals surface area contributed by atoms with Crippen molar-refractivity contribution in [1.82, 2.24) is 9.38 Å². The van der Waals surface area contributed by atoms with Crippen LogP contribution < -0.4 is 9.64 Å². The smallest absolute Gasteiger partial charge is 0.213 e. The highest BCUT2D eigenvalue weighted by molar-refractivity contribution is 9.10. The third kappa shape index (κ3) is 3.34. The first-order valence-corrected chi connectivity index (χ1v) is 8.90. The van der Waals surface area contributed by atoms with Crippen LogP contribution in [0.25, 0.3) is 5.65 Å². The first-order chi connectivity index (χ1) is 11.9. The number of ether oxygens (including phenoxy) is 1. The molecule has 3 rings (SSSR count). The van der Waals surface area contributed by atoms with Crippen LogP contribution in [-0.2, 0) is 11.4 Å². The Morgan fingerprint density at radius 3 is 2.84 bits per heavy atom. The molecule has 0 atom stereocenters. The summed E-state index contributed by atoms with van der Waals surface area (Å²) in [6, 6.07) is 7.09. The standard InChI is InChI=1S/C17H14BrCl2N3O2/c1-10-16(18)23-7-3-4-14(17(23)21-10)25-8-11-12(19)5-6-13(15(11)20)22(2)9-24/h3-7,9H,8H2,1-2H3. The van der Waals surface area contributed by atoms with Crippen LogP contribution >= 0.6 is 39.1 Å². The van der Waals surface area contributed by atoms with Gasteiger partial charge in [0.05, 0.1) is 16.4 Å². The van der Waals surface area contributed by atoms with E-state index in [-0.39, 0.29) is 6.61 Å². The van der Waals surface area contributed by atoms with Crippen LogP contribution in [0.15, 0.2) is 35.1 Å². The topological polar surface area (TPSA) is 46.8 Å². The van der Waals surface area contributed by atoms with Crippen molar-refractivity contribution in [3.8, 4) is 5.75 Å². The molecule has 0 spiro atoms. The van der Waals surface area contributed by atoms with Gasteiger partial charge < -0.3 is 9.64 Å². The second-order valence-corrected chi connectivity index (χ2v) is 6.95. The van der Waals surface area contributed by atoms with Crippen molar-refractivity contribution in [3.63, 3.8) is 0 Å². The molecular formula is C17H14BrCl2N3O2. The summed E-state index contributed by atoms with van der Waals surface area (Å²) >= 11 is 16.2. The maximum atomic E-state index is 11.0. The maximum Gasteiger partial charge on any atom is 0.213 e. The molecule has 1 amide bonds. The molecule has 0 unspecified atom stereocenters. The van der Waals surface area contributed by atoms with Crippen LogP contribution in [0.2, 0.25) is 10.0 Å². The van der Waals surface area contributed by atoms with Crippen molar-refractivity contribution < 1.29 is 9.53 Å². The summed E-state index contributed by atoms with van der Waals surface area (Å²) < 4.78 is 8.69. The molecule has 8 heteroatoms. The molecule has 5 nitrogen and oxygen atoms in total. The number of carbonyl (C=O) groups excluding carboxylic acids is 1. The first-order valence-electron chi connectivity index (χ1n) is 7.35. The molecule has 25 heavy (non-hydrogen) atoms. The Balaban J connectivity index is 1.95. The number of pyridine rings is 1. The van der Waals surface area contributed by atoms with Crippen LogP contribution in [0.3, 0.4) is 0 Å². The lowest BCUT2D eigenvalue weighted by Crippen LogP contribution is -2.15. The number of hydrogen-bond donors (Lipinski definition) is 0. The molecule has 2 aromatic heterocycles. The van der Waals surface area contributed by atoms with Crippen LogP contribution in [0, 0.1) is 6.92 Å². The zero-order valence-corrected chi connectivity index (χ0v) is 16.6. The molecule has 130 valence electrons. The van der Waals surface area contributed by atoms with E-state index in [9.17, 15) is 4.79 Å². The van der Waals surface area contributed by atoms with Gasteiger partial charge in [-0.1, -0.05) is 23.2 Å². The van der Waals surface area contributed by atoms with Crippen molar-refractivity contribution in [2.45, 2.75) is 13.5 Å². The Morgan fingerprint density at radius 2 is 2.12 bits per heavy atom. The number of nitrogens with zero attached hydrogens (tertiary/aromatic N) is 3. The van der Waals surface area contributed by atoms with Gasteiger partial charge in [0, 0.05) is 23.8 Å². The largest absolute Gasteiger partial charge is 0.485 e. The SMILES string of the molecule is Cc1nc2c(OCc3c(Cl)ccc(N(C)C=O)c3Cl)cccn2c1Br. The molecule has 0 aliphatic rings. The van der Waals surface area contributed by atoms with Gasteiger partial charge in [-0.2, -0.15) is 0 Å². The summed E-state index contributed by atoms with van der Waals surface area (Å²) in [7, 11) is 1.62. The van der Waals surface area contributed by atoms with Crippen molar-refractivity contribution in [1.29, 1.82) is 0 Å². The van der Waals surface area contributed by atoms with Crippen LogP contribution in [0.4, 0.5) is 5.69 Å². The van der Waals surface area contributed by atoms with Crippen LogP contribution in [0.5, 0.6) is 5.75 Å². The van der Waals surface area contributed by atoms with Gasteiger partial charge in [-0.25, -0.2) is 4.98 Å². The van der Waals surface area contributed by atoms with Gasteiger partial charge in [0.1, 0.15) is 11.2 Å². The lowest BCUT2D eigenvalue weighted by Gasteiger charge is -2.17. The van der Waals surface area contributed by atoms with Gasteiger partial charge in [-0.15, -0.1) is 0 Å². The molecule has 0 N–H and O–H groups in total. The number of amides is 1. The second kappa shape index (κ2) is 7.23. The Kier molecular flexibility index (Phi) is 5.22. The Hall–Kier alpha value is -1.76. The van der Waals surface area contributed by atoms with Gasteiger partial charge in [0.15, 0.2) is 11.4 Å². The van der Waals surface area contributed by atoms with E-state index in [1.807, 2.05) is 29.7 Å². The molecule has 0 fully saturated rings. The molecule has 0 radical (unpaired) electrons. The summed E-state index contributed by atoms with van der Waals surface area (Å²) in [5.41, 5.74) is 2.73. The number of aryl methyl sites for hydroxylation is 1. The average Bonchev–Trinajstić information content (AvgIpc) is 2.89. The van der Waals surface area contributed by atoms with Gasteiger partial charge >= 0.3 is 0 Å². The number of anilines is 1. The van der Waals surface area contributed by atoms with Crippen molar-refractivity contribution in [2.75, 3.05) is 11.9 Å². The van der Waals surface area contributed by atoms with Gasteiger partial charge in [-0.05, 0) is 47.1 Å². The number of carbonyl (C=O) groups is 1. The number of rotatable bonds is 5. The second-order valence-electron chi connectivity index (χ2n) is 5.42. The molecule has 3 aromatic rings. The number of halogens is 3. The molecule has 0 saturated heterocycles. The van der Waals surface area contributed by atoms with Crippen molar-refractivity contribution in [3.05, 3.63) is 56.4 Å². The monoisotopic (exact) mass is 441 g/mol. The van der Waals surface area contributed by atoms with E-state index in [2.05, 4.69) is 20.9 Å². The minimum absolute atomic E-state index is 0.154. The molecular weight excluding hydrogens is 429 g/mol. The van der Waals surface area contributed by atoms with Gasteiger partial charge in [0.2, 0.25) is 6.41 Å². The zero-order chi connectivity index (χ0) is 18.1. The lowest BCUT2D eigenvalue weighted by molar-refractivity contribution is -0.107. The van der Waals surface area contributed by atoms with E-state index in [4.69, 9.17) is 27.9 Å². The third-order valence-electron chi connectivity index (χ3n) is 3.79. The van der Waals surface area contributed by atoms with E-state index in [1.165, 1.54) is 4.90 Å². The fourth-order valence-electron chi connectivity index (χ4n) is 2.44. The summed E-state index contributed by atoms with van der Waals surface area (Å²) in [4.78, 5) is 16.9. The minimum Gasteiger partial charge on any atom is -0.485 e. The summed E-state index contributed by atoms with van der Waals surface area (Å²) in [6.45, 7) is 2.06. The molecule has 0 aliphatic heterocycles. The number of benzene rings is 1. The number of fused-ring (bicyclic) bond motifs is 1. The third-order valence-corrected chi connectivity index (χ3v) is 5.52. The highest BCUT2D eigenvalue weighted by Gasteiger charge is 2.16. The molecule has 2 heterocycles. The van der Waals surface area contributed by atoms with E-state index in [0.717, 1.165) is 10.3 Å². The lowest BCUT2D eigenvalue weighted by atomic mass is 10.2. The molecule has 0 bridgehead atoms. The van der Waals surface area contributed by atoms with Crippen LogP contribution in [0.1, 0.15) is 11.3 Å². The molecule has 0 saturated carbocycles. The van der Waals surface area contributed by atoms with Gasteiger partial charge in [0.25, 0.3) is 0 Å². The number of imidazole rings is 1. The summed E-state index contributed by atoms with van der Waals surface area (Å²) in [5.74, 6) is 0.609. The normalized spacial score (nSPS) is 10.9. The number of hydrogen-bond acceptors (Lipinski definition) is 3. The summed E-state index contributed by atoms with van der Waals surface area (Å²) in [6.07, 6.45) is 2.58.